The first kappa shape index (κ1) is 16.0. The lowest BCUT2D eigenvalue weighted by atomic mass is 10.1. The van der Waals surface area contributed by atoms with Gasteiger partial charge < -0.3 is 9.32 Å². The van der Waals surface area contributed by atoms with Gasteiger partial charge in [0.2, 0.25) is 0 Å². The van der Waals surface area contributed by atoms with Crippen molar-refractivity contribution in [3.8, 4) is 0 Å². The van der Waals surface area contributed by atoms with Gasteiger partial charge in [0.25, 0.3) is 5.91 Å². The zero-order valence-electron chi connectivity index (χ0n) is 14.2. The summed E-state index contributed by atoms with van der Waals surface area (Å²) in [6.45, 7) is 0.350. The van der Waals surface area contributed by atoms with Crippen LogP contribution in [0.5, 0.6) is 0 Å². The fourth-order valence-corrected chi connectivity index (χ4v) is 2.97. The maximum Gasteiger partial charge on any atom is 0.349 e. The lowest BCUT2D eigenvalue weighted by molar-refractivity contribution is 0.0781. The highest BCUT2D eigenvalue weighted by atomic mass is 16.4. The molecule has 2 heterocycles. The highest BCUT2D eigenvalue weighted by Crippen LogP contribution is 2.16. The van der Waals surface area contributed by atoms with E-state index in [4.69, 9.17) is 4.42 Å². The van der Waals surface area contributed by atoms with Gasteiger partial charge in [-0.1, -0.05) is 36.4 Å². The summed E-state index contributed by atoms with van der Waals surface area (Å²) in [6.07, 6.45) is 1.75. The van der Waals surface area contributed by atoms with Crippen LogP contribution in [0.3, 0.4) is 0 Å². The van der Waals surface area contributed by atoms with Crippen LogP contribution in [-0.4, -0.2) is 22.8 Å². The number of nitrogens with zero attached hydrogens (tertiary/aromatic N) is 2. The molecule has 0 radical (unpaired) electrons. The highest BCUT2D eigenvalue weighted by molar-refractivity contribution is 5.96. The maximum absolute atomic E-state index is 12.7. The molecular formula is C21H16N2O3. The van der Waals surface area contributed by atoms with Crippen LogP contribution in [0.15, 0.2) is 76.1 Å². The van der Waals surface area contributed by atoms with E-state index >= 15 is 0 Å². The number of hydrogen-bond donors (Lipinski definition) is 0. The topological polar surface area (TPSA) is 63.4 Å². The second kappa shape index (κ2) is 6.44. The van der Waals surface area contributed by atoms with E-state index in [2.05, 4.69) is 4.98 Å². The third-order valence-corrected chi connectivity index (χ3v) is 4.29. The van der Waals surface area contributed by atoms with Crippen molar-refractivity contribution < 1.29 is 9.21 Å². The molecule has 0 atom stereocenters. The number of para-hydroxylation sites is 2. The molecule has 0 aliphatic heterocycles. The molecule has 2 aromatic heterocycles. The molecule has 0 N–H and O–H groups in total. The minimum absolute atomic E-state index is 0.0277. The minimum atomic E-state index is -0.628. The summed E-state index contributed by atoms with van der Waals surface area (Å²) in [4.78, 5) is 30.8. The van der Waals surface area contributed by atoms with E-state index in [1.54, 1.807) is 31.4 Å². The van der Waals surface area contributed by atoms with Crippen LogP contribution in [0.25, 0.3) is 21.9 Å². The number of fused-ring (bicyclic) bond motifs is 2. The summed E-state index contributed by atoms with van der Waals surface area (Å²) in [5.41, 5.74) is 1.66. The summed E-state index contributed by atoms with van der Waals surface area (Å²) in [7, 11) is 1.66. The molecule has 0 aliphatic rings. The Bertz CT molecular complexity index is 1180. The number of pyridine rings is 1. The van der Waals surface area contributed by atoms with E-state index < -0.39 is 5.63 Å². The van der Waals surface area contributed by atoms with Crippen molar-refractivity contribution in [1.29, 1.82) is 0 Å². The van der Waals surface area contributed by atoms with Crippen LogP contribution < -0.4 is 5.63 Å². The summed E-state index contributed by atoms with van der Waals surface area (Å²) in [5.74, 6) is -0.377. The predicted octanol–water partition coefficient (Wildman–Crippen LogP) is 3.61. The average Bonchev–Trinajstić information content (AvgIpc) is 2.66. The van der Waals surface area contributed by atoms with E-state index in [0.717, 1.165) is 21.9 Å². The highest BCUT2D eigenvalue weighted by Gasteiger charge is 2.18. The van der Waals surface area contributed by atoms with E-state index in [1.807, 2.05) is 42.5 Å². The molecule has 0 aliphatic carbocycles. The standard InChI is InChI=1S/C21H16N2O3/c1-23(13-14-10-15-6-2-4-8-18(15)22-12-14)20(24)17-11-16-7-3-5-9-19(16)26-21(17)25/h2-12H,13H2,1H3. The van der Waals surface area contributed by atoms with Crippen molar-refractivity contribution in [2.75, 3.05) is 7.05 Å². The van der Waals surface area contributed by atoms with Crippen LogP contribution in [0.1, 0.15) is 15.9 Å². The van der Waals surface area contributed by atoms with Gasteiger partial charge in [-0.15, -0.1) is 0 Å². The van der Waals surface area contributed by atoms with Gasteiger partial charge in [-0.05, 0) is 29.8 Å². The first-order valence-corrected chi connectivity index (χ1v) is 8.24. The summed E-state index contributed by atoms with van der Waals surface area (Å²) >= 11 is 0. The third-order valence-electron chi connectivity index (χ3n) is 4.29. The molecule has 4 aromatic rings. The molecule has 0 unspecified atom stereocenters. The molecule has 128 valence electrons. The first-order valence-electron chi connectivity index (χ1n) is 8.24. The van der Waals surface area contributed by atoms with Crippen molar-refractivity contribution in [1.82, 2.24) is 9.88 Å². The number of carbonyl (C=O) groups excluding carboxylic acids is 1. The summed E-state index contributed by atoms with van der Waals surface area (Å²) in [5, 5.41) is 1.73. The van der Waals surface area contributed by atoms with E-state index in [-0.39, 0.29) is 11.5 Å². The Kier molecular flexibility index (Phi) is 3.97. The Morgan fingerprint density at radius 3 is 2.62 bits per heavy atom. The zero-order chi connectivity index (χ0) is 18.1. The van der Waals surface area contributed by atoms with E-state index in [0.29, 0.717) is 12.1 Å². The van der Waals surface area contributed by atoms with Gasteiger partial charge >= 0.3 is 5.63 Å². The Balaban J connectivity index is 1.63. The van der Waals surface area contributed by atoms with Crippen LogP contribution in [0.2, 0.25) is 0 Å². The summed E-state index contributed by atoms with van der Waals surface area (Å²) < 4.78 is 5.26. The molecule has 5 heteroatoms. The fourth-order valence-electron chi connectivity index (χ4n) is 2.97. The molecule has 26 heavy (non-hydrogen) atoms. The molecule has 0 saturated carbocycles. The molecule has 0 fully saturated rings. The van der Waals surface area contributed by atoms with Crippen molar-refractivity contribution in [2.45, 2.75) is 6.54 Å². The lowest BCUT2D eigenvalue weighted by Gasteiger charge is -2.17. The molecule has 1 amide bonds. The van der Waals surface area contributed by atoms with E-state index in [9.17, 15) is 9.59 Å². The van der Waals surface area contributed by atoms with Crippen molar-refractivity contribution in [2.24, 2.45) is 0 Å². The van der Waals surface area contributed by atoms with Crippen molar-refractivity contribution in [3.63, 3.8) is 0 Å². The van der Waals surface area contributed by atoms with Gasteiger partial charge in [0.05, 0.1) is 5.52 Å². The molecular weight excluding hydrogens is 328 g/mol. The van der Waals surface area contributed by atoms with Gasteiger partial charge in [0.15, 0.2) is 0 Å². The predicted molar refractivity (Wildman–Crippen MR) is 100 cm³/mol. The van der Waals surface area contributed by atoms with Gasteiger partial charge in [-0.25, -0.2) is 4.79 Å². The Labute approximate surface area is 149 Å². The number of benzene rings is 2. The third kappa shape index (κ3) is 2.95. The van der Waals surface area contributed by atoms with Gasteiger partial charge in [0.1, 0.15) is 11.1 Å². The Morgan fingerprint density at radius 1 is 1.04 bits per heavy atom. The van der Waals surface area contributed by atoms with Gasteiger partial charge in [0, 0.05) is 30.6 Å². The molecule has 4 rings (SSSR count). The number of amides is 1. The first-order chi connectivity index (χ1) is 12.6. The van der Waals surface area contributed by atoms with Gasteiger partial charge in [-0.3, -0.25) is 9.78 Å². The maximum atomic E-state index is 12.7. The number of aromatic nitrogens is 1. The monoisotopic (exact) mass is 344 g/mol. The van der Waals surface area contributed by atoms with Crippen LogP contribution in [0.4, 0.5) is 0 Å². The second-order valence-corrected chi connectivity index (χ2v) is 6.18. The Morgan fingerprint density at radius 2 is 1.77 bits per heavy atom. The lowest BCUT2D eigenvalue weighted by Crippen LogP contribution is -2.30. The van der Waals surface area contributed by atoms with Crippen LogP contribution in [-0.2, 0) is 6.54 Å². The number of rotatable bonds is 3. The largest absolute Gasteiger partial charge is 0.422 e. The van der Waals surface area contributed by atoms with E-state index in [1.165, 1.54) is 4.90 Å². The van der Waals surface area contributed by atoms with Crippen molar-refractivity contribution >= 4 is 27.8 Å². The minimum Gasteiger partial charge on any atom is -0.422 e. The van der Waals surface area contributed by atoms with Crippen LogP contribution in [0, 0.1) is 0 Å². The molecule has 0 bridgehead atoms. The Hall–Kier alpha value is -3.47. The fraction of sp³-hybridized carbons (Fsp3) is 0.0952. The van der Waals surface area contributed by atoms with Crippen LogP contribution >= 0.6 is 0 Å². The second-order valence-electron chi connectivity index (χ2n) is 6.18. The number of carbonyl (C=O) groups is 1. The smallest absolute Gasteiger partial charge is 0.349 e. The molecule has 0 saturated heterocycles. The normalized spacial score (nSPS) is 11.0. The molecule has 2 aromatic carbocycles. The molecule has 0 spiro atoms. The zero-order valence-corrected chi connectivity index (χ0v) is 14.2. The number of hydrogen-bond acceptors (Lipinski definition) is 4. The van der Waals surface area contributed by atoms with Gasteiger partial charge in [-0.2, -0.15) is 0 Å². The molecule has 5 nitrogen and oxygen atoms in total. The summed E-state index contributed by atoms with van der Waals surface area (Å²) in [6, 6.07) is 18.5. The van der Waals surface area contributed by atoms with Crippen molar-refractivity contribution in [3.05, 3.63) is 88.4 Å². The quantitative estimate of drug-likeness (QED) is 0.533. The average molecular weight is 344 g/mol. The SMILES string of the molecule is CN(Cc1cnc2ccccc2c1)C(=O)c1cc2ccccc2oc1=O.